The van der Waals surface area contributed by atoms with Crippen molar-refractivity contribution in [3.8, 4) is 22.8 Å². The molecule has 2 aromatic carbocycles. The number of hydrogen-bond donors (Lipinski definition) is 4. The van der Waals surface area contributed by atoms with Crippen LogP contribution in [0.25, 0.3) is 11.3 Å². The molecule has 1 aromatic heterocycles. The van der Waals surface area contributed by atoms with Crippen molar-refractivity contribution >= 4 is 41.0 Å². The Morgan fingerprint density at radius 3 is 2.54 bits per heavy atom. The number of nitrogen functional groups attached to an aromatic ring is 1. The fourth-order valence-electron chi connectivity index (χ4n) is 6.14. The largest absolute Gasteiger partial charge is 0.507 e. The first-order valence-electron chi connectivity index (χ1n) is 15.8. The summed E-state index contributed by atoms with van der Waals surface area (Å²) in [7, 11) is 0. The summed E-state index contributed by atoms with van der Waals surface area (Å²) in [5, 5.41) is 23.6. The molecule has 1 unspecified atom stereocenters. The number of carbonyl (C=O) groups is 5. The molecular formula is C33H36N8O7. The van der Waals surface area contributed by atoms with Crippen LogP contribution in [0.1, 0.15) is 46.4 Å². The lowest BCUT2D eigenvalue weighted by atomic mass is 10.0. The van der Waals surface area contributed by atoms with Gasteiger partial charge in [0.1, 0.15) is 17.5 Å². The number of rotatable bonds is 11. The van der Waals surface area contributed by atoms with Gasteiger partial charge in [-0.3, -0.25) is 39.1 Å². The second kappa shape index (κ2) is 14.0. The zero-order valence-electron chi connectivity index (χ0n) is 26.2. The Morgan fingerprint density at radius 1 is 1.00 bits per heavy atom. The van der Waals surface area contributed by atoms with Crippen molar-refractivity contribution in [2.45, 2.75) is 31.7 Å². The van der Waals surface area contributed by atoms with Crippen LogP contribution >= 0.6 is 0 Å². The van der Waals surface area contributed by atoms with Crippen LogP contribution in [0.15, 0.2) is 48.5 Å². The average Bonchev–Trinajstić information content (AvgIpc) is 3.33. The zero-order chi connectivity index (χ0) is 33.8. The third kappa shape index (κ3) is 6.76. The van der Waals surface area contributed by atoms with Gasteiger partial charge in [-0.15, -0.1) is 10.2 Å². The minimum absolute atomic E-state index is 0.0370. The molecule has 3 aromatic rings. The molecule has 2 saturated heterocycles. The number of nitrogens with zero attached hydrogens (tertiary/aromatic N) is 5. The van der Waals surface area contributed by atoms with E-state index in [9.17, 15) is 29.1 Å². The SMILES string of the molecule is Nc1nnc(-c2ccccc2O)cc1N1CCN(CCNC(=O)CCCOc2cccc3c2C(=O)N(C2CCC(=O)NC2=O)C3=O)CC1. The number of piperidine rings is 1. The first-order valence-corrected chi connectivity index (χ1v) is 15.8. The molecule has 6 rings (SSSR count). The van der Waals surface area contributed by atoms with Gasteiger partial charge in [0.05, 0.1) is 29.1 Å². The Bertz CT molecular complexity index is 1760. The highest BCUT2D eigenvalue weighted by atomic mass is 16.5. The summed E-state index contributed by atoms with van der Waals surface area (Å²) in [6.07, 6.45) is 0.705. The Labute approximate surface area is 276 Å². The molecule has 3 aliphatic heterocycles. The molecule has 250 valence electrons. The van der Waals surface area contributed by atoms with Gasteiger partial charge in [-0.05, 0) is 43.2 Å². The monoisotopic (exact) mass is 656 g/mol. The Balaban J connectivity index is 0.921. The number of nitrogens with two attached hydrogens (primary N) is 1. The van der Waals surface area contributed by atoms with E-state index in [2.05, 4.69) is 30.6 Å². The summed E-state index contributed by atoms with van der Waals surface area (Å²) in [5.41, 5.74) is 8.25. The van der Waals surface area contributed by atoms with Crippen molar-refractivity contribution < 1.29 is 33.8 Å². The van der Waals surface area contributed by atoms with Crippen molar-refractivity contribution in [2.75, 3.05) is 56.5 Å². The number of anilines is 2. The van der Waals surface area contributed by atoms with E-state index in [4.69, 9.17) is 10.5 Å². The molecule has 0 bridgehead atoms. The smallest absolute Gasteiger partial charge is 0.266 e. The fraction of sp³-hybridized carbons (Fsp3) is 0.364. The number of imide groups is 2. The highest BCUT2D eigenvalue weighted by Crippen LogP contribution is 2.34. The molecule has 0 aliphatic carbocycles. The summed E-state index contributed by atoms with van der Waals surface area (Å²) in [6, 6.07) is 12.4. The van der Waals surface area contributed by atoms with Gasteiger partial charge in [0.25, 0.3) is 11.8 Å². The Hall–Kier alpha value is -5.57. The molecule has 0 saturated carbocycles. The van der Waals surface area contributed by atoms with Gasteiger partial charge in [0, 0.05) is 57.7 Å². The van der Waals surface area contributed by atoms with E-state index in [-0.39, 0.29) is 54.4 Å². The maximum atomic E-state index is 13.2. The van der Waals surface area contributed by atoms with Gasteiger partial charge >= 0.3 is 0 Å². The summed E-state index contributed by atoms with van der Waals surface area (Å²) >= 11 is 0. The summed E-state index contributed by atoms with van der Waals surface area (Å²) < 4.78 is 5.81. The third-order valence-corrected chi connectivity index (χ3v) is 8.68. The highest BCUT2D eigenvalue weighted by Gasteiger charge is 2.46. The van der Waals surface area contributed by atoms with E-state index < -0.39 is 29.7 Å². The number of para-hydroxylation sites is 1. The van der Waals surface area contributed by atoms with Crippen molar-refractivity contribution in [1.29, 1.82) is 0 Å². The maximum Gasteiger partial charge on any atom is 0.266 e. The number of fused-ring (bicyclic) bond motifs is 1. The lowest BCUT2D eigenvalue weighted by Crippen LogP contribution is -2.54. The molecule has 0 radical (unpaired) electrons. The van der Waals surface area contributed by atoms with Crippen molar-refractivity contribution in [3.63, 3.8) is 0 Å². The third-order valence-electron chi connectivity index (χ3n) is 8.68. The molecule has 4 heterocycles. The molecule has 1 atom stereocenters. The topological polar surface area (TPSA) is 200 Å². The van der Waals surface area contributed by atoms with Gasteiger partial charge in [0.15, 0.2) is 5.82 Å². The number of hydrogen-bond acceptors (Lipinski definition) is 12. The van der Waals surface area contributed by atoms with Crippen LogP contribution in [0.4, 0.5) is 11.5 Å². The second-order valence-electron chi connectivity index (χ2n) is 11.8. The lowest BCUT2D eigenvalue weighted by Gasteiger charge is -2.36. The number of aromatic nitrogens is 2. The van der Waals surface area contributed by atoms with E-state index in [0.717, 1.165) is 23.7 Å². The minimum Gasteiger partial charge on any atom is -0.507 e. The molecule has 5 amide bonds. The van der Waals surface area contributed by atoms with Crippen LogP contribution in [0.5, 0.6) is 11.5 Å². The molecule has 15 heteroatoms. The fourth-order valence-corrected chi connectivity index (χ4v) is 6.14. The minimum atomic E-state index is -1.06. The van der Waals surface area contributed by atoms with Crippen molar-refractivity contribution in [1.82, 2.24) is 30.6 Å². The predicted molar refractivity (Wildman–Crippen MR) is 173 cm³/mol. The van der Waals surface area contributed by atoms with Crippen LogP contribution in [-0.4, -0.2) is 107 Å². The Morgan fingerprint density at radius 2 is 1.77 bits per heavy atom. The van der Waals surface area contributed by atoms with Crippen LogP contribution in [0.2, 0.25) is 0 Å². The normalized spacial score (nSPS) is 18.1. The zero-order valence-corrected chi connectivity index (χ0v) is 26.2. The standard InChI is InChI=1S/C33H36N8O7/c34-30-24(19-22(37-38-30)20-5-1-2-7-25(20)42)40-16-14-39(15-17-40)13-12-35-27(43)9-4-18-48-26-8-3-6-21-29(26)33(47)41(32(21)46)23-10-11-28(44)36-31(23)45/h1-3,5-8,19,23,42H,4,9-18H2,(H2,34,38)(H,35,43)(H,36,44,45). The lowest BCUT2D eigenvalue weighted by molar-refractivity contribution is -0.136. The molecule has 48 heavy (non-hydrogen) atoms. The highest BCUT2D eigenvalue weighted by molar-refractivity contribution is 6.24. The second-order valence-corrected chi connectivity index (χ2v) is 11.8. The number of benzene rings is 2. The summed E-state index contributed by atoms with van der Waals surface area (Å²) in [5.74, 6) is -1.84. The van der Waals surface area contributed by atoms with Crippen LogP contribution in [0, 0.1) is 0 Å². The van der Waals surface area contributed by atoms with Crippen LogP contribution < -0.4 is 26.0 Å². The van der Waals surface area contributed by atoms with E-state index >= 15 is 0 Å². The van der Waals surface area contributed by atoms with Crippen molar-refractivity contribution in [3.05, 3.63) is 59.7 Å². The van der Waals surface area contributed by atoms with Gasteiger partial charge in [-0.25, -0.2) is 0 Å². The van der Waals surface area contributed by atoms with Gasteiger partial charge < -0.3 is 25.8 Å². The van der Waals surface area contributed by atoms with E-state index in [1.54, 1.807) is 30.3 Å². The molecular weight excluding hydrogens is 620 g/mol. The van der Waals surface area contributed by atoms with E-state index in [0.29, 0.717) is 49.7 Å². The molecule has 0 spiro atoms. The molecule has 15 nitrogen and oxygen atoms in total. The first-order chi connectivity index (χ1) is 23.2. The van der Waals surface area contributed by atoms with Gasteiger partial charge in [0.2, 0.25) is 17.7 Å². The average molecular weight is 657 g/mol. The van der Waals surface area contributed by atoms with E-state index in [1.165, 1.54) is 6.07 Å². The number of piperazine rings is 1. The van der Waals surface area contributed by atoms with Gasteiger partial charge in [-0.1, -0.05) is 18.2 Å². The molecule has 2 fully saturated rings. The van der Waals surface area contributed by atoms with Crippen molar-refractivity contribution in [2.24, 2.45) is 0 Å². The maximum absolute atomic E-state index is 13.2. The quantitative estimate of drug-likeness (QED) is 0.168. The first kappa shape index (κ1) is 32.4. The van der Waals surface area contributed by atoms with Gasteiger partial charge in [-0.2, -0.15) is 0 Å². The molecule has 5 N–H and O–H groups in total. The number of amides is 5. The Kier molecular flexibility index (Phi) is 9.48. The van der Waals surface area contributed by atoms with E-state index in [1.807, 2.05) is 12.1 Å². The predicted octanol–water partition coefficient (Wildman–Crippen LogP) is 0.930. The number of phenols is 1. The number of aromatic hydroxyl groups is 1. The summed E-state index contributed by atoms with van der Waals surface area (Å²) in [4.78, 5) is 67.8. The van der Waals surface area contributed by atoms with Crippen LogP contribution in [-0.2, 0) is 14.4 Å². The number of nitrogens with one attached hydrogen (secondary N) is 2. The summed E-state index contributed by atoms with van der Waals surface area (Å²) in [6.45, 7) is 4.26. The molecule has 3 aliphatic rings. The number of phenolic OH excluding ortho intramolecular Hbond substituents is 1. The number of ether oxygens (including phenoxy) is 1. The number of carbonyl (C=O) groups excluding carboxylic acids is 5. The van der Waals surface area contributed by atoms with Crippen LogP contribution in [0.3, 0.4) is 0 Å².